The van der Waals surface area contributed by atoms with Gasteiger partial charge in [0.1, 0.15) is 6.04 Å². The number of carbonyl (C=O) groups excluding carboxylic acids is 2. The molecule has 0 bridgehead atoms. The molecule has 3 rings (SSSR count). The van der Waals surface area contributed by atoms with Crippen LogP contribution in [0, 0.1) is 0 Å². The Morgan fingerprint density at radius 3 is 2.48 bits per heavy atom. The Kier molecular flexibility index (Phi) is 4.65. The predicted octanol–water partition coefficient (Wildman–Crippen LogP) is 2.28. The third kappa shape index (κ3) is 4.12. The summed E-state index contributed by atoms with van der Waals surface area (Å²) >= 11 is 0. The Balaban J connectivity index is 1.76. The molecule has 1 aliphatic carbocycles. The second-order valence-corrected chi connectivity index (χ2v) is 6.24. The van der Waals surface area contributed by atoms with Crippen LogP contribution in [0.15, 0.2) is 41.2 Å². The molecule has 25 heavy (non-hydrogen) atoms. The van der Waals surface area contributed by atoms with Crippen LogP contribution in [-0.2, 0) is 9.59 Å². The van der Waals surface area contributed by atoms with Crippen molar-refractivity contribution in [3.05, 3.63) is 52.4 Å². The van der Waals surface area contributed by atoms with E-state index < -0.39 is 6.04 Å². The molecule has 2 N–H and O–H groups in total. The van der Waals surface area contributed by atoms with E-state index in [9.17, 15) is 14.4 Å². The van der Waals surface area contributed by atoms with Gasteiger partial charge in [-0.15, -0.1) is 0 Å². The van der Waals surface area contributed by atoms with Gasteiger partial charge >= 0.3 is 0 Å². The van der Waals surface area contributed by atoms with Gasteiger partial charge in [0.25, 0.3) is 5.56 Å². The number of hydrogen-bond donors (Lipinski definition) is 2. The lowest BCUT2D eigenvalue weighted by Crippen LogP contribution is -2.33. The molecule has 1 atom stereocenters. The van der Waals surface area contributed by atoms with Crippen LogP contribution in [0.3, 0.4) is 0 Å². The maximum absolute atomic E-state index is 12.5. The van der Waals surface area contributed by atoms with Gasteiger partial charge in [0, 0.05) is 30.3 Å². The minimum atomic E-state index is -0.740. The Labute approximate surface area is 145 Å². The molecule has 1 heterocycles. The van der Waals surface area contributed by atoms with E-state index in [4.69, 9.17) is 0 Å². The van der Waals surface area contributed by atoms with Crippen molar-refractivity contribution >= 4 is 23.2 Å². The zero-order valence-electron chi connectivity index (χ0n) is 14.2. The Bertz CT molecular complexity index is 871. The molecule has 2 amide bonds. The first-order chi connectivity index (χ1) is 11.9. The van der Waals surface area contributed by atoms with Crippen molar-refractivity contribution in [1.29, 1.82) is 0 Å². The summed E-state index contributed by atoms with van der Waals surface area (Å²) in [6.07, 6.45) is 2.14. The molecule has 1 aromatic carbocycles. The van der Waals surface area contributed by atoms with Gasteiger partial charge in [0.15, 0.2) is 0 Å². The van der Waals surface area contributed by atoms with E-state index in [1.807, 2.05) is 0 Å². The number of nitrogens with zero attached hydrogens (tertiary/aromatic N) is 2. The Morgan fingerprint density at radius 1 is 1.16 bits per heavy atom. The number of carbonyl (C=O) groups is 2. The molecule has 0 saturated heterocycles. The number of nitrogens with one attached hydrogen (secondary N) is 2. The van der Waals surface area contributed by atoms with Gasteiger partial charge in [0.05, 0.1) is 5.69 Å². The van der Waals surface area contributed by atoms with Crippen LogP contribution in [0.2, 0.25) is 0 Å². The average molecular weight is 340 g/mol. The van der Waals surface area contributed by atoms with E-state index in [1.54, 1.807) is 37.3 Å². The summed E-state index contributed by atoms with van der Waals surface area (Å²) in [5.41, 5.74) is 1.67. The van der Waals surface area contributed by atoms with Crippen LogP contribution < -0.4 is 16.2 Å². The Hall–Kier alpha value is -2.96. The van der Waals surface area contributed by atoms with Crippen molar-refractivity contribution in [3.63, 3.8) is 0 Å². The summed E-state index contributed by atoms with van der Waals surface area (Å²) in [5, 5.41) is 9.75. The van der Waals surface area contributed by atoms with Crippen molar-refractivity contribution in [3.8, 4) is 0 Å². The first kappa shape index (κ1) is 16.9. The minimum absolute atomic E-state index is 0.190. The lowest BCUT2D eigenvalue weighted by Gasteiger charge is -2.15. The van der Waals surface area contributed by atoms with E-state index in [1.165, 1.54) is 17.7 Å². The van der Waals surface area contributed by atoms with Crippen molar-refractivity contribution in [2.24, 2.45) is 0 Å². The van der Waals surface area contributed by atoms with Crippen molar-refractivity contribution in [1.82, 2.24) is 9.78 Å². The predicted molar refractivity (Wildman–Crippen MR) is 94.6 cm³/mol. The summed E-state index contributed by atoms with van der Waals surface area (Å²) < 4.78 is 1.22. The SMILES string of the molecule is CC(=O)Nc1cccc(NC(=O)C(C)n2nc(C3CC3)ccc2=O)c1. The molecule has 7 nitrogen and oxygen atoms in total. The van der Waals surface area contributed by atoms with Crippen LogP contribution in [0.4, 0.5) is 11.4 Å². The molecular formula is C18H20N4O3. The van der Waals surface area contributed by atoms with Crippen LogP contribution in [0.5, 0.6) is 0 Å². The zero-order chi connectivity index (χ0) is 18.0. The highest BCUT2D eigenvalue weighted by Crippen LogP contribution is 2.38. The monoisotopic (exact) mass is 340 g/mol. The number of anilines is 2. The van der Waals surface area contributed by atoms with Crippen LogP contribution >= 0.6 is 0 Å². The van der Waals surface area contributed by atoms with E-state index in [2.05, 4.69) is 15.7 Å². The summed E-state index contributed by atoms with van der Waals surface area (Å²) in [6, 6.07) is 9.28. The molecule has 7 heteroatoms. The first-order valence-corrected chi connectivity index (χ1v) is 8.22. The van der Waals surface area contributed by atoms with Gasteiger partial charge in [-0.05, 0) is 44.0 Å². The number of hydrogen-bond acceptors (Lipinski definition) is 4. The highest BCUT2D eigenvalue weighted by molar-refractivity contribution is 5.95. The smallest absolute Gasteiger partial charge is 0.267 e. The van der Waals surface area contributed by atoms with Gasteiger partial charge in [0.2, 0.25) is 11.8 Å². The summed E-state index contributed by atoms with van der Waals surface area (Å²) in [6.45, 7) is 3.05. The molecule has 1 aliphatic rings. The molecule has 1 aromatic heterocycles. The van der Waals surface area contributed by atoms with Crippen LogP contribution in [0.1, 0.15) is 44.3 Å². The van der Waals surface area contributed by atoms with Crippen LogP contribution in [0.25, 0.3) is 0 Å². The van der Waals surface area contributed by atoms with E-state index in [-0.39, 0.29) is 17.4 Å². The fraction of sp³-hybridized carbons (Fsp3) is 0.333. The first-order valence-electron chi connectivity index (χ1n) is 8.22. The average Bonchev–Trinajstić information content (AvgIpc) is 3.39. The molecule has 0 spiro atoms. The molecule has 1 unspecified atom stereocenters. The summed E-state index contributed by atoms with van der Waals surface area (Å²) in [5.74, 6) is -0.136. The van der Waals surface area contributed by atoms with Gasteiger partial charge in [-0.1, -0.05) is 6.07 Å². The lowest BCUT2D eigenvalue weighted by atomic mass is 10.2. The van der Waals surface area contributed by atoms with Gasteiger partial charge in [-0.2, -0.15) is 5.10 Å². The van der Waals surface area contributed by atoms with Gasteiger partial charge in [-0.3, -0.25) is 14.4 Å². The molecule has 1 fully saturated rings. The second-order valence-electron chi connectivity index (χ2n) is 6.24. The maximum Gasteiger partial charge on any atom is 0.267 e. The maximum atomic E-state index is 12.5. The number of rotatable bonds is 5. The van der Waals surface area contributed by atoms with Gasteiger partial charge < -0.3 is 10.6 Å². The topological polar surface area (TPSA) is 93.1 Å². The van der Waals surface area contributed by atoms with Crippen LogP contribution in [-0.4, -0.2) is 21.6 Å². The number of amides is 2. The zero-order valence-corrected chi connectivity index (χ0v) is 14.2. The quantitative estimate of drug-likeness (QED) is 0.873. The highest BCUT2D eigenvalue weighted by atomic mass is 16.2. The summed E-state index contributed by atoms with van der Waals surface area (Å²) in [7, 11) is 0. The number of aromatic nitrogens is 2. The molecule has 2 aromatic rings. The van der Waals surface area contributed by atoms with E-state index in [0.29, 0.717) is 17.3 Å². The fourth-order valence-corrected chi connectivity index (χ4v) is 2.55. The third-order valence-electron chi connectivity index (χ3n) is 4.04. The van der Waals surface area contributed by atoms with Crippen molar-refractivity contribution in [2.45, 2.75) is 38.6 Å². The van der Waals surface area contributed by atoms with E-state index >= 15 is 0 Å². The van der Waals surface area contributed by atoms with E-state index in [0.717, 1.165) is 18.5 Å². The largest absolute Gasteiger partial charge is 0.326 e. The Morgan fingerprint density at radius 2 is 1.84 bits per heavy atom. The normalized spacial score (nSPS) is 14.6. The van der Waals surface area contributed by atoms with Crippen molar-refractivity contribution < 1.29 is 9.59 Å². The standard InChI is InChI=1S/C18H20N4O3/c1-11(22-17(24)9-8-16(21-22)13-6-7-13)18(25)20-15-5-3-4-14(10-15)19-12(2)23/h3-5,8-11,13H,6-7H2,1-2H3,(H,19,23)(H,20,25). The second kappa shape index (κ2) is 6.88. The minimum Gasteiger partial charge on any atom is -0.326 e. The third-order valence-corrected chi connectivity index (χ3v) is 4.04. The molecule has 130 valence electrons. The van der Waals surface area contributed by atoms with Gasteiger partial charge in [-0.25, -0.2) is 4.68 Å². The number of benzene rings is 1. The lowest BCUT2D eigenvalue weighted by molar-refractivity contribution is -0.119. The fourth-order valence-electron chi connectivity index (χ4n) is 2.55. The molecule has 0 aliphatic heterocycles. The summed E-state index contributed by atoms with van der Waals surface area (Å²) in [4.78, 5) is 35.7. The van der Waals surface area contributed by atoms with Crippen molar-refractivity contribution in [2.75, 3.05) is 10.6 Å². The molecular weight excluding hydrogens is 320 g/mol. The molecule has 1 saturated carbocycles. The highest BCUT2D eigenvalue weighted by Gasteiger charge is 2.27. The molecule has 0 radical (unpaired) electrons.